The van der Waals surface area contributed by atoms with Crippen LogP contribution >= 0.6 is 11.6 Å². The Morgan fingerprint density at radius 1 is 1.29 bits per heavy atom. The zero-order valence-corrected chi connectivity index (χ0v) is 12.5. The largest absolute Gasteiger partial charge is 0.381 e. The number of aromatic amines is 1. The standard InChI is InChI=1S/C15H16ClN3O2/c1-15(4-8-21-9-5-15)12-11(16)14(20)19-13(18-12)10-2-6-17-7-3-10/h2-3,6-7H,4-5,8-9H2,1H3,(H,18,19,20). The first-order chi connectivity index (χ1) is 10.1. The molecular weight excluding hydrogens is 290 g/mol. The summed E-state index contributed by atoms with van der Waals surface area (Å²) in [6.45, 7) is 3.40. The fraction of sp³-hybridized carbons (Fsp3) is 0.400. The molecule has 0 aliphatic carbocycles. The van der Waals surface area contributed by atoms with Gasteiger partial charge in [0, 0.05) is 36.6 Å². The van der Waals surface area contributed by atoms with Crippen molar-refractivity contribution in [1.29, 1.82) is 0 Å². The predicted octanol–water partition coefficient (Wildman–Crippen LogP) is 2.55. The molecule has 0 bridgehead atoms. The molecule has 3 rings (SSSR count). The minimum absolute atomic E-state index is 0.178. The van der Waals surface area contributed by atoms with Crippen LogP contribution in [0.3, 0.4) is 0 Å². The van der Waals surface area contributed by atoms with Crippen LogP contribution in [0, 0.1) is 0 Å². The van der Waals surface area contributed by atoms with Gasteiger partial charge in [-0.1, -0.05) is 18.5 Å². The number of hydrogen-bond acceptors (Lipinski definition) is 4. The average molecular weight is 306 g/mol. The van der Waals surface area contributed by atoms with Crippen molar-refractivity contribution < 1.29 is 4.74 Å². The Bertz CT molecular complexity index is 694. The van der Waals surface area contributed by atoms with Gasteiger partial charge < -0.3 is 9.72 Å². The van der Waals surface area contributed by atoms with Gasteiger partial charge in [0.2, 0.25) is 0 Å². The lowest BCUT2D eigenvalue weighted by molar-refractivity contribution is 0.0550. The van der Waals surface area contributed by atoms with Crippen molar-refractivity contribution >= 4 is 11.6 Å². The highest BCUT2D eigenvalue weighted by molar-refractivity contribution is 6.31. The summed E-state index contributed by atoms with van der Waals surface area (Å²) in [4.78, 5) is 23.5. The van der Waals surface area contributed by atoms with Crippen molar-refractivity contribution in [2.45, 2.75) is 25.2 Å². The van der Waals surface area contributed by atoms with Crippen LogP contribution in [0.5, 0.6) is 0 Å². The Morgan fingerprint density at radius 2 is 1.95 bits per heavy atom. The van der Waals surface area contributed by atoms with Gasteiger partial charge in [-0.05, 0) is 25.0 Å². The van der Waals surface area contributed by atoms with Crippen LogP contribution in [0.4, 0.5) is 0 Å². The highest BCUT2D eigenvalue weighted by Crippen LogP contribution is 2.36. The first-order valence-electron chi connectivity index (χ1n) is 6.89. The third kappa shape index (κ3) is 2.71. The molecule has 0 aromatic carbocycles. The second kappa shape index (κ2) is 5.58. The van der Waals surface area contributed by atoms with Crippen molar-refractivity contribution in [3.63, 3.8) is 0 Å². The monoisotopic (exact) mass is 305 g/mol. The normalized spacial score (nSPS) is 17.6. The maximum atomic E-state index is 12.1. The number of halogens is 1. The molecule has 6 heteroatoms. The second-order valence-electron chi connectivity index (χ2n) is 5.49. The number of rotatable bonds is 2. The van der Waals surface area contributed by atoms with Crippen LogP contribution in [0.25, 0.3) is 11.4 Å². The Hall–Kier alpha value is -1.72. The van der Waals surface area contributed by atoms with E-state index in [1.165, 1.54) is 0 Å². The molecule has 0 atom stereocenters. The van der Waals surface area contributed by atoms with Gasteiger partial charge in [0.05, 0.1) is 5.69 Å². The molecule has 1 saturated heterocycles. The van der Waals surface area contributed by atoms with E-state index in [0.29, 0.717) is 24.7 Å². The number of pyridine rings is 1. The Labute approximate surface area is 127 Å². The van der Waals surface area contributed by atoms with Crippen molar-refractivity contribution in [2.24, 2.45) is 0 Å². The van der Waals surface area contributed by atoms with Crippen LogP contribution in [-0.4, -0.2) is 28.2 Å². The summed E-state index contributed by atoms with van der Waals surface area (Å²) < 4.78 is 5.41. The molecule has 1 aliphatic heterocycles. The molecule has 1 fully saturated rings. The average Bonchev–Trinajstić information content (AvgIpc) is 2.51. The Morgan fingerprint density at radius 3 is 2.62 bits per heavy atom. The molecule has 2 aromatic heterocycles. The predicted molar refractivity (Wildman–Crippen MR) is 80.5 cm³/mol. The summed E-state index contributed by atoms with van der Waals surface area (Å²) in [6, 6.07) is 3.62. The molecule has 0 saturated carbocycles. The Kier molecular flexibility index (Phi) is 3.78. The summed E-state index contributed by atoms with van der Waals surface area (Å²) in [5.74, 6) is 0.523. The fourth-order valence-corrected chi connectivity index (χ4v) is 2.88. The molecule has 0 unspecified atom stereocenters. The molecule has 1 N–H and O–H groups in total. The molecule has 0 radical (unpaired) electrons. The SMILES string of the molecule is CC1(c2nc(-c3ccncc3)[nH]c(=O)c2Cl)CCOCC1. The number of nitrogens with zero attached hydrogens (tertiary/aromatic N) is 2. The zero-order chi connectivity index (χ0) is 14.9. The van der Waals surface area contributed by atoms with Gasteiger partial charge in [-0.25, -0.2) is 4.98 Å². The quantitative estimate of drug-likeness (QED) is 0.926. The van der Waals surface area contributed by atoms with Crippen molar-refractivity contribution in [3.05, 3.63) is 45.6 Å². The molecule has 5 nitrogen and oxygen atoms in total. The van der Waals surface area contributed by atoms with E-state index in [0.717, 1.165) is 18.4 Å². The van der Waals surface area contributed by atoms with E-state index in [2.05, 4.69) is 21.9 Å². The topological polar surface area (TPSA) is 67.9 Å². The van der Waals surface area contributed by atoms with Gasteiger partial charge in [0.1, 0.15) is 10.8 Å². The van der Waals surface area contributed by atoms with Gasteiger partial charge in [-0.15, -0.1) is 0 Å². The third-order valence-electron chi connectivity index (χ3n) is 3.98. The van der Waals surface area contributed by atoms with Crippen LogP contribution in [-0.2, 0) is 10.2 Å². The van der Waals surface area contributed by atoms with Gasteiger partial charge in [-0.2, -0.15) is 0 Å². The van der Waals surface area contributed by atoms with Gasteiger partial charge >= 0.3 is 0 Å². The summed E-state index contributed by atoms with van der Waals surface area (Å²) in [5, 5.41) is 0.178. The van der Waals surface area contributed by atoms with Crippen molar-refractivity contribution in [3.8, 4) is 11.4 Å². The van der Waals surface area contributed by atoms with E-state index in [4.69, 9.17) is 16.3 Å². The molecule has 0 amide bonds. The lowest BCUT2D eigenvalue weighted by Crippen LogP contribution is -2.34. The molecular formula is C15H16ClN3O2. The van der Waals surface area contributed by atoms with Crippen LogP contribution in [0.1, 0.15) is 25.5 Å². The van der Waals surface area contributed by atoms with Crippen LogP contribution in [0.15, 0.2) is 29.3 Å². The van der Waals surface area contributed by atoms with Crippen LogP contribution in [0.2, 0.25) is 5.02 Å². The van der Waals surface area contributed by atoms with Crippen LogP contribution < -0.4 is 5.56 Å². The van der Waals surface area contributed by atoms with Gasteiger partial charge in [0.25, 0.3) is 5.56 Å². The summed E-state index contributed by atoms with van der Waals surface area (Å²) >= 11 is 6.22. The third-order valence-corrected chi connectivity index (χ3v) is 4.34. The van der Waals surface area contributed by atoms with E-state index < -0.39 is 0 Å². The molecule has 3 heterocycles. The highest BCUT2D eigenvalue weighted by Gasteiger charge is 2.34. The summed E-state index contributed by atoms with van der Waals surface area (Å²) in [5.41, 5.74) is 0.936. The fourth-order valence-electron chi connectivity index (χ4n) is 2.56. The number of hydrogen-bond donors (Lipinski definition) is 1. The van der Waals surface area contributed by atoms with E-state index in [9.17, 15) is 4.79 Å². The number of ether oxygens (including phenoxy) is 1. The molecule has 2 aromatic rings. The highest BCUT2D eigenvalue weighted by atomic mass is 35.5. The number of nitrogens with one attached hydrogen (secondary N) is 1. The number of aromatic nitrogens is 3. The van der Waals surface area contributed by atoms with E-state index >= 15 is 0 Å². The maximum Gasteiger partial charge on any atom is 0.270 e. The van der Waals surface area contributed by atoms with Crippen molar-refractivity contribution in [2.75, 3.05) is 13.2 Å². The lowest BCUT2D eigenvalue weighted by atomic mass is 9.79. The van der Waals surface area contributed by atoms with Gasteiger partial charge in [0.15, 0.2) is 0 Å². The van der Waals surface area contributed by atoms with Crippen molar-refractivity contribution in [1.82, 2.24) is 15.0 Å². The molecule has 1 aliphatic rings. The van der Waals surface area contributed by atoms with Gasteiger partial charge in [-0.3, -0.25) is 9.78 Å². The first-order valence-corrected chi connectivity index (χ1v) is 7.26. The van der Waals surface area contributed by atoms with E-state index in [-0.39, 0.29) is 16.0 Å². The number of H-pyrrole nitrogens is 1. The molecule has 21 heavy (non-hydrogen) atoms. The smallest absolute Gasteiger partial charge is 0.270 e. The summed E-state index contributed by atoms with van der Waals surface area (Å²) in [7, 11) is 0. The summed E-state index contributed by atoms with van der Waals surface area (Å²) in [6.07, 6.45) is 4.94. The van der Waals surface area contributed by atoms with E-state index in [1.54, 1.807) is 12.4 Å². The van der Waals surface area contributed by atoms with E-state index in [1.807, 2.05) is 12.1 Å². The Balaban J connectivity index is 2.12. The minimum Gasteiger partial charge on any atom is -0.381 e. The first kappa shape index (κ1) is 14.2. The minimum atomic E-state index is -0.304. The maximum absolute atomic E-state index is 12.1. The second-order valence-corrected chi connectivity index (χ2v) is 5.86. The zero-order valence-electron chi connectivity index (χ0n) is 11.7. The molecule has 0 spiro atoms. The molecule has 110 valence electrons. The lowest BCUT2D eigenvalue weighted by Gasteiger charge is -2.33.